The lowest BCUT2D eigenvalue weighted by Gasteiger charge is -2.24. The fourth-order valence-electron chi connectivity index (χ4n) is 2.44. The minimum Gasteiger partial charge on any atom is -0.330 e. The van der Waals surface area contributed by atoms with Crippen molar-refractivity contribution in [1.82, 2.24) is 4.90 Å². The topological polar surface area (TPSA) is 29.3 Å². The average molecular weight is 262 g/mol. The summed E-state index contributed by atoms with van der Waals surface area (Å²) in [6.07, 6.45) is 1.09. The van der Waals surface area contributed by atoms with Crippen molar-refractivity contribution in [3.05, 3.63) is 35.4 Å². The van der Waals surface area contributed by atoms with Crippen molar-refractivity contribution in [2.45, 2.75) is 40.0 Å². The Balaban J connectivity index is 2.60. The first-order valence-electron chi connectivity index (χ1n) is 7.61. The summed E-state index contributed by atoms with van der Waals surface area (Å²) in [6, 6.07) is 9.04. The molecule has 0 fully saturated rings. The number of benzene rings is 1. The average Bonchev–Trinajstić information content (AvgIpc) is 2.43. The molecule has 0 aromatic heterocycles. The van der Waals surface area contributed by atoms with E-state index in [0.29, 0.717) is 11.8 Å². The molecule has 0 spiro atoms. The molecule has 0 aliphatic carbocycles. The van der Waals surface area contributed by atoms with Crippen LogP contribution in [0.4, 0.5) is 0 Å². The zero-order valence-electron chi connectivity index (χ0n) is 13.0. The van der Waals surface area contributed by atoms with E-state index in [1.165, 1.54) is 11.1 Å². The standard InChI is InChI=1S/C17H30N2/c1-5-19(6-2)13-16(12-18)11-15-7-9-17(10-8-15)14(3)4/h7-10,14,16H,5-6,11-13,18H2,1-4H3. The van der Waals surface area contributed by atoms with Crippen LogP contribution < -0.4 is 5.73 Å². The van der Waals surface area contributed by atoms with Crippen molar-refractivity contribution in [2.24, 2.45) is 11.7 Å². The normalized spacial score (nSPS) is 13.2. The number of nitrogens with two attached hydrogens (primary N) is 1. The van der Waals surface area contributed by atoms with E-state index in [-0.39, 0.29) is 0 Å². The molecule has 1 rings (SSSR count). The van der Waals surface area contributed by atoms with Crippen LogP contribution in [0, 0.1) is 5.92 Å². The first-order valence-corrected chi connectivity index (χ1v) is 7.61. The molecule has 0 aliphatic heterocycles. The number of hydrogen-bond donors (Lipinski definition) is 1. The molecule has 19 heavy (non-hydrogen) atoms. The Bertz CT molecular complexity index is 339. The molecule has 0 heterocycles. The molecular formula is C17H30N2. The molecule has 0 bridgehead atoms. The summed E-state index contributed by atoms with van der Waals surface area (Å²) in [5.74, 6) is 1.17. The van der Waals surface area contributed by atoms with Crippen LogP contribution in [-0.2, 0) is 6.42 Å². The molecule has 0 aliphatic rings. The van der Waals surface area contributed by atoms with E-state index < -0.39 is 0 Å². The fourth-order valence-corrected chi connectivity index (χ4v) is 2.44. The van der Waals surface area contributed by atoms with Gasteiger partial charge >= 0.3 is 0 Å². The highest BCUT2D eigenvalue weighted by Gasteiger charge is 2.11. The largest absolute Gasteiger partial charge is 0.330 e. The quantitative estimate of drug-likeness (QED) is 0.779. The molecule has 0 saturated heterocycles. The third kappa shape index (κ3) is 5.33. The number of nitrogens with zero attached hydrogens (tertiary/aromatic N) is 1. The lowest BCUT2D eigenvalue weighted by atomic mass is 9.95. The summed E-state index contributed by atoms with van der Waals surface area (Å²) < 4.78 is 0. The Morgan fingerprint density at radius 1 is 1.05 bits per heavy atom. The van der Waals surface area contributed by atoms with Gasteiger partial charge in [0.25, 0.3) is 0 Å². The Morgan fingerprint density at radius 2 is 1.63 bits per heavy atom. The Kier molecular flexibility index (Phi) is 7.11. The Labute approximate surface area is 119 Å². The monoisotopic (exact) mass is 262 g/mol. The van der Waals surface area contributed by atoms with Crippen LogP contribution in [-0.4, -0.2) is 31.1 Å². The maximum absolute atomic E-state index is 5.93. The third-order valence-corrected chi connectivity index (χ3v) is 3.91. The zero-order valence-corrected chi connectivity index (χ0v) is 13.0. The predicted octanol–water partition coefficient (Wildman–Crippen LogP) is 3.27. The van der Waals surface area contributed by atoms with E-state index in [0.717, 1.165) is 32.6 Å². The molecule has 1 unspecified atom stereocenters. The van der Waals surface area contributed by atoms with Crippen molar-refractivity contribution in [3.8, 4) is 0 Å². The maximum atomic E-state index is 5.93. The van der Waals surface area contributed by atoms with Crippen LogP contribution in [0.2, 0.25) is 0 Å². The van der Waals surface area contributed by atoms with Gasteiger partial charge in [-0.05, 0) is 49.0 Å². The van der Waals surface area contributed by atoms with Crippen LogP contribution in [0.15, 0.2) is 24.3 Å². The summed E-state index contributed by atoms with van der Waals surface area (Å²) in [5, 5.41) is 0. The van der Waals surface area contributed by atoms with Crippen molar-refractivity contribution in [3.63, 3.8) is 0 Å². The molecule has 1 aromatic carbocycles. The molecule has 0 radical (unpaired) electrons. The summed E-state index contributed by atoms with van der Waals surface area (Å²) in [4.78, 5) is 2.46. The highest BCUT2D eigenvalue weighted by molar-refractivity contribution is 5.25. The molecule has 1 atom stereocenters. The van der Waals surface area contributed by atoms with Gasteiger partial charge < -0.3 is 10.6 Å². The smallest absolute Gasteiger partial charge is 0.00247 e. The highest BCUT2D eigenvalue weighted by atomic mass is 15.1. The van der Waals surface area contributed by atoms with Crippen LogP contribution in [0.5, 0.6) is 0 Å². The van der Waals surface area contributed by atoms with Gasteiger partial charge in [0.15, 0.2) is 0 Å². The minimum absolute atomic E-state index is 0.560. The van der Waals surface area contributed by atoms with Crippen molar-refractivity contribution < 1.29 is 0 Å². The van der Waals surface area contributed by atoms with Crippen molar-refractivity contribution >= 4 is 0 Å². The molecule has 2 heteroatoms. The first-order chi connectivity index (χ1) is 9.10. The van der Waals surface area contributed by atoms with Crippen LogP contribution in [0.3, 0.4) is 0 Å². The van der Waals surface area contributed by atoms with Crippen LogP contribution >= 0.6 is 0 Å². The highest BCUT2D eigenvalue weighted by Crippen LogP contribution is 2.17. The van der Waals surface area contributed by atoms with E-state index in [4.69, 9.17) is 5.73 Å². The van der Waals surface area contributed by atoms with E-state index in [1.54, 1.807) is 0 Å². The summed E-state index contributed by atoms with van der Waals surface area (Å²) in [6.45, 7) is 13.0. The second kappa shape index (κ2) is 8.34. The van der Waals surface area contributed by atoms with Gasteiger partial charge in [0.1, 0.15) is 0 Å². The molecule has 1 aromatic rings. The number of hydrogen-bond acceptors (Lipinski definition) is 2. The summed E-state index contributed by atoms with van der Waals surface area (Å²) >= 11 is 0. The van der Waals surface area contributed by atoms with Crippen molar-refractivity contribution in [1.29, 1.82) is 0 Å². The van der Waals surface area contributed by atoms with E-state index in [1.807, 2.05) is 0 Å². The molecule has 2 nitrogen and oxygen atoms in total. The van der Waals surface area contributed by atoms with E-state index in [2.05, 4.69) is 56.9 Å². The molecule has 0 saturated carbocycles. The van der Waals surface area contributed by atoms with Gasteiger partial charge in [0.2, 0.25) is 0 Å². The minimum atomic E-state index is 0.560. The lowest BCUT2D eigenvalue weighted by Crippen LogP contribution is -2.33. The first kappa shape index (κ1) is 16.2. The van der Waals surface area contributed by atoms with Gasteiger partial charge in [-0.25, -0.2) is 0 Å². The third-order valence-electron chi connectivity index (χ3n) is 3.91. The second-order valence-corrected chi connectivity index (χ2v) is 5.69. The van der Waals surface area contributed by atoms with Crippen LogP contribution in [0.1, 0.15) is 44.7 Å². The predicted molar refractivity (Wildman–Crippen MR) is 84.6 cm³/mol. The van der Waals surface area contributed by atoms with Crippen molar-refractivity contribution in [2.75, 3.05) is 26.2 Å². The molecule has 108 valence electrons. The second-order valence-electron chi connectivity index (χ2n) is 5.69. The van der Waals surface area contributed by atoms with Gasteiger partial charge in [-0.2, -0.15) is 0 Å². The maximum Gasteiger partial charge on any atom is 0.00247 e. The SMILES string of the molecule is CCN(CC)CC(CN)Cc1ccc(C(C)C)cc1. The molecule has 2 N–H and O–H groups in total. The van der Waals surface area contributed by atoms with Gasteiger partial charge in [-0.1, -0.05) is 52.0 Å². The Morgan fingerprint density at radius 3 is 2.05 bits per heavy atom. The van der Waals surface area contributed by atoms with Gasteiger partial charge in [0.05, 0.1) is 0 Å². The van der Waals surface area contributed by atoms with Crippen LogP contribution in [0.25, 0.3) is 0 Å². The summed E-state index contributed by atoms with van der Waals surface area (Å²) in [7, 11) is 0. The lowest BCUT2D eigenvalue weighted by molar-refractivity contribution is 0.254. The van der Waals surface area contributed by atoms with Gasteiger partial charge in [0, 0.05) is 6.54 Å². The van der Waals surface area contributed by atoms with Gasteiger partial charge in [-0.3, -0.25) is 0 Å². The Hall–Kier alpha value is -0.860. The van der Waals surface area contributed by atoms with E-state index in [9.17, 15) is 0 Å². The fraction of sp³-hybridized carbons (Fsp3) is 0.647. The number of rotatable bonds is 8. The zero-order chi connectivity index (χ0) is 14.3. The van der Waals surface area contributed by atoms with Gasteiger partial charge in [-0.15, -0.1) is 0 Å². The molecular weight excluding hydrogens is 232 g/mol. The van der Waals surface area contributed by atoms with E-state index >= 15 is 0 Å². The molecule has 0 amide bonds. The summed E-state index contributed by atoms with van der Waals surface area (Å²) in [5.41, 5.74) is 8.75.